The van der Waals surface area contributed by atoms with Gasteiger partial charge in [0.2, 0.25) is 0 Å². The van der Waals surface area contributed by atoms with Gasteiger partial charge in [0.25, 0.3) is 0 Å². The van der Waals surface area contributed by atoms with Gasteiger partial charge in [0, 0.05) is 18.5 Å². The van der Waals surface area contributed by atoms with E-state index in [0.717, 1.165) is 28.7 Å². The zero-order valence-electron chi connectivity index (χ0n) is 15.5. The molecule has 0 saturated heterocycles. The third kappa shape index (κ3) is 4.79. The molecule has 0 unspecified atom stereocenters. The lowest BCUT2D eigenvalue weighted by Crippen LogP contribution is -2.39. The Balaban J connectivity index is 1.26. The van der Waals surface area contributed by atoms with E-state index in [1.165, 1.54) is 12.1 Å². The number of likely N-dealkylation sites (N-methyl/N-ethyl adjacent to an activating group) is 1. The number of benzene rings is 2. The molecule has 7 heteroatoms. The van der Waals surface area contributed by atoms with Crippen LogP contribution in [0, 0.1) is 5.82 Å². The topological polar surface area (TPSA) is 43.8 Å². The Bertz CT molecular complexity index is 916. The molecule has 0 bridgehead atoms. The number of nitrogens with zero attached hydrogens (tertiary/aromatic N) is 2. The summed E-state index contributed by atoms with van der Waals surface area (Å²) < 4.78 is 30.4. The van der Waals surface area contributed by atoms with E-state index in [1.54, 1.807) is 23.5 Å². The quantitative estimate of drug-likeness (QED) is 0.597. The highest BCUT2D eigenvalue weighted by atomic mass is 32.1. The molecule has 3 aromatic rings. The normalized spacial score (nSPS) is 15.6. The lowest BCUT2D eigenvalue weighted by molar-refractivity contribution is 0.0635. The Kier molecular flexibility index (Phi) is 5.73. The summed E-state index contributed by atoms with van der Waals surface area (Å²) in [5.41, 5.74) is 0.988. The maximum absolute atomic E-state index is 12.9. The first-order valence-electron chi connectivity index (χ1n) is 9.04. The highest BCUT2D eigenvalue weighted by molar-refractivity contribution is 7.09. The van der Waals surface area contributed by atoms with Crippen LogP contribution in [0.3, 0.4) is 0 Å². The highest BCUT2D eigenvalue weighted by Crippen LogP contribution is 2.31. The van der Waals surface area contributed by atoms with Gasteiger partial charge in [-0.25, -0.2) is 9.37 Å². The van der Waals surface area contributed by atoms with Crippen molar-refractivity contribution in [1.82, 2.24) is 9.88 Å². The van der Waals surface area contributed by atoms with E-state index in [9.17, 15) is 4.39 Å². The van der Waals surface area contributed by atoms with Crippen molar-refractivity contribution in [2.45, 2.75) is 19.3 Å². The third-order valence-corrected chi connectivity index (χ3v) is 5.16. The summed E-state index contributed by atoms with van der Waals surface area (Å²) in [6.07, 6.45) is -0.0141. The summed E-state index contributed by atoms with van der Waals surface area (Å²) in [5, 5.41) is 2.92. The van der Waals surface area contributed by atoms with Gasteiger partial charge in [-0.05, 0) is 43.4 Å². The molecule has 146 valence electrons. The van der Waals surface area contributed by atoms with E-state index in [2.05, 4.69) is 9.88 Å². The second-order valence-corrected chi connectivity index (χ2v) is 7.61. The Morgan fingerprint density at radius 2 is 1.96 bits per heavy atom. The molecule has 4 rings (SSSR count). The van der Waals surface area contributed by atoms with Crippen molar-refractivity contribution in [3.05, 3.63) is 70.4 Å². The lowest BCUT2D eigenvalue weighted by Gasteiger charge is -2.29. The van der Waals surface area contributed by atoms with Crippen molar-refractivity contribution < 1.29 is 18.6 Å². The van der Waals surface area contributed by atoms with Crippen molar-refractivity contribution in [2.24, 2.45) is 0 Å². The van der Waals surface area contributed by atoms with Gasteiger partial charge in [0.05, 0.1) is 5.69 Å². The molecule has 0 saturated carbocycles. The molecule has 0 aliphatic carbocycles. The number of fused-ring (bicyclic) bond motifs is 1. The fourth-order valence-electron chi connectivity index (χ4n) is 3.01. The number of hydrogen-bond acceptors (Lipinski definition) is 6. The first-order chi connectivity index (χ1) is 13.7. The summed E-state index contributed by atoms with van der Waals surface area (Å²) in [7, 11) is 2.04. The van der Waals surface area contributed by atoms with E-state index < -0.39 is 0 Å². The molecular formula is C21H21FN2O3S. The predicted octanol–water partition coefficient (Wildman–Crippen LogP) is 4.13. The number of aromatic nitrogens is 1. The van der Waals surface area contributed by atoms with Crippen LogP contribution in [-0.2, 0) is 13.2 Å². The van der Waals surface area contributed by atoms with Crippen molar-refractivity contribution in [1.29, 1.82) is 0 Å². The minimum atomic E-state index is -0.275. The molecular weight excluding hydrogens is 379 g/mol. The standard InChI is InChI=1S/C21H21FN2O3S/c1-24(11-18-12-26-19-4-2-3-5-20(19)27-18)10-16-14-28-21(23-16)13-25-17-8-6-15(22)7-9-17/h2-9,14,18H,10-13H2,1H3/t18-/m1/s1. The molecule has 0 radical (unpaired) electrons. The zero-order valence-corrected chi connectivity index (χ0v) is 16.3. The van der Waals surface area contributed by atoms with Crippen molar-refractivity contribution in [2.75, 3.05) is 20.2 Å². The van der Waals surface area contributed by atoms with E-state index in [-0.39, 0.29) is 11.9 Å². The van der Waals surface area contributed by atoms with E-state index in [1.807, 2.05) is 36.7 Å². The average Bonchev–Trinajstić information content (AvgIpc) is 3.14. The van der Waals surface area contributed by atoms with Crippen molar-refractivity contribution in [3.63, 3.8) is 0 Å². The summed E-state index contributed by atoms with van der Waals surface area (Å²) in [6.45, 7) is 2.37. The monoisotopic (exact) mass is 400 g/mol. The molecule has 0 N–H and O–H groups in total. The highest BCUT2D eigenvalue weighted by Gasteiger charge is 2.22. The van der Waals surface area contributed by atoms with Gasteiger partial charge in [-0.15, -0.1) is 11.3 Å². The number of halogens is 1. The second kappa shape index (κ2) is 8.58. The predicted molar refractivity (Wildman–Crippen MR) is 106 cm³/mol. The number of thiazole rings is 1. The molecule has 0 spiro atoms. The van der Waals surface area contributed by atoms with Gasteiger partial charge in [0.15, 0.2) is 11.5 Å². The van der Waals surface area contributed by atoms with E-state index in [4.69, 9.17) is 14.2 Å². The van der Waals surface area contributed by atoms with Gasteiger partial charge in [-0.1, -0.05) is 12.1 Å². The van der Waals surface area contributed by atoms with Crippen molar-refractivity contribution in [3.8, 4) is 17.2 Å². The third-order valence-electron chi connectivity index (χ3n) is 4.29. The molecule has 0 fully saturated rings. The van der Waals surface area contributed by atoms with Crippen LogP contribution in [0.2, 0.25) is 0 Å². The van der Waals surface area contributed by atoms with Crippen molar-refractivity contribution >= 4 is 11.3 Å². The van der Waals surface area contributed by atoms with Crippen LogP contribution in [0.4, 0.5) is 4.39 Å². The van der Waals surface area contributed by atoms with E-state index in [0.29, 0.717) is 25.5 Å². The largest absolute Gasteiger partial charge is 0.486 e. The Morgan fingerprint density at radius 3 is 2.79 bits per heavy atom. The molecule has 1 aliphatic heterocycles. The Morgan fingerprint density at radius 1 is 1.18 bits per heavy atom. The lowest BCUT2D eigenvalue weighted by atomic mass is 10.2. The maximum Gasteiger partial charge on any atom is 0.161 e. The SMILES string of the molecule is CN(Cc1csc(COc2ccc(F)cc2)n1)C[C@@H]1COc2ccccc2O1. The fourth-order valence-corrected chi connectivity index (χ4v) is 3.70. The average molecular weight is 400 g/mol. The summed E-state index contributed by atoms with van der Waals surface area (Å²) in [6, 6.07) is 13.7. The maximum atomic E-state index is 12.9. The molecule has 28 heavy (non-hydrogen) atoms. The van der Waals surface area contributed by atoms with Crippen LogP contribution in [0.25, 0.3) is 0 Å². The second-order valence-electron chi connectivity index (χ2n) is 6.67. The van der Waals surface area contributed by atoms with Gasteiger partial charge >= 0.3 is 0 Å². The molecule has 1 atom stereocenters. The van der Waals surface area contributed by atoms with Crippen LogP contribution in [-0.4, -0.2) is 36.2 Å². The summed E-state index contributed by atoms with van der Waals surface area (Å²) in [4.78, 5) is 6.79. The minimum absolute atomic E-state index is 0.0141. The molecule has 1 aliphatic rings. The molecule has 2 heterocycles. The Labute approximate surface area is 167 Å². The van der Waals surface area contributed by atoms with Crippen LogP contribution >= 0.6 is 11.3 Å². The number of para-hydroxylation sites is 2. The fraction of sp³-hybridized carbons (Fsp3) is 0.286. The van der Waals surface area contributed by atoms with Crippen LogP contribution in [0.5, 0.6) is 17.2 Å². The van der Waals surface area contributed by atoms with Gasteiger partial charge < -0.3 is 14.2 Å². The van der Waals surface area contributed by atoms with Crippen LogP contribution < -0.4 is 14.2 Å². The molecule has 0 amide bonds. The number of ether oxygens (including phenoxy) is 3. The molecule has 5 nitrogen and oxygen atoms in total. The summed E-state index contributed by atoms with van der Waals surface area (Å²) >= 11 is 1.56. The first-order valence-corrected chi connectivity index (χ1v) is 9.92. The zero-order chi connectivity index (χ0) is 19.3. The summed E-state index contributed by atoms with van der Waals surface area (Å²) in [5.74, 6) is 1.94. The number of rotatable bonds is 7. The van der Waals surface area contributed by atoms with Gasteiger partial charge in [-0.3, -0.25) is 4.90 Å². The first kappa shape index (κ1) is 18.7. The minimum Gasteiger partial charge on any atom is -0.486 e. The van der Waals surface area contributed by atoms with Gasteiger partial charge in [0.1, 0.15) is 35.9 Å². The molecule has 2 aromatic carbocycles. The van der Waals surface area contributed by atoms with Crippen LogP contribution in [0.1, 0.15) is 10.7 Å². The van der Waals surface area contributed by atoms with Crippen LogP contribution in [0.15, 0.2) is 53.9 Å². The van der Waals surface area contributed by atoms with Gasteiger partial charge in [-0.2, -0.15) is 0 Å². The number of hydrogen-bond donors (Lipinski definition) is 0. The van der Waals surface area contributed by atoms with E-state index >= 15 is 0 Å². The Hall–Kier alpha value is -2.64. The smallest absolute Gasteiger partial charge is 0.161 e. The molecule has 1 aromatic heterocycles.